The number of benzene rings is 1. The number of unbranched alkanes of at least 4 members (excludes halogenated alkanes) is 2. The first-order chi connectivity index (χ1) is 9.39. The summed E-state index contributed by atoms with van der Waals surface area (Å²) in [6.45, 7) is 4.40. The number of carbonyl (C=O) groups excluding carboxylic acids is 1. The van der Waals surface area contributed by atoms with Crippen LogP contribution in [-0.4, -0.2) is 18.3 Å². The molecule has 0 aliphatic heterocycles. The van der Waals surface area contributed by atoms with Gasteiger partial charge < -0.3 is 20.9 Å². The molecule has 0 atom stereocenters. The highest BCUT2D eigenvalue weighted by Gasteiger charge is 2.20. The number of nitrogen functional groups attached to an aromatic ring is 1. The third-order valence-electron chi connectivity index (χ3n) is 2.95. The third-order valence-corrected chi connectivity index (χ3v) is 2.95. The van der Waals surface area contributed by atoms with E-state index in [1.54, 1.807) is 0 Å². The van der Waals surface area contributed by atoms with Crippen LogP contribution in [0.25, 0.3) is 0 Å². The van der Waals surface area contributed by atoms with Gasteiger partial charge in [-0.1, -0.05) is 0 Å². The Labute approximate surface area is 120 Å². The second-order valence-electron chi connectivity index (χ2n) is 5.41. The first-order valence-corrected chi connectivity index (χ1v) is 6.86. The Bertz CT molecular complexity index is 416. The third kappa shape index (κ3) is 6.87. The van der Waals surface area contributed by atoms with Crippen molar-refractivity contribution in [3.8, 4) is 5.75 Å². The van der Waals surface area contributed by atoms with Gasteiger partial charge in [-0.05, 0) is 63.8 Å². The van der Waals surface area contributed by atoms with E-state index in [1.165, 1.54) is 0 Å². The van der Waals surface area contributed by atoms with Crippen molar-refractivity contribution in [3.63, 3.8) is 0 Å². The number of primary amides is 1. The number of hydrogen-bond donors (Lipinski definition) is 2. The summed E-state index contributed by atoms with van der Waals surface area (Å²) < 4.78 is 10.6. The largest absolute Gasteiger partial charge is 0.494 e. The fraction of sp³-hybridized carbons (Fsp3) is 0.533. The Balaban J connectivity index is 2.10. The van der Waals surface area contributed by atoms with E-state index in [4.69, 9.17) is 20.9 Å². The maximum atomic E-state index is 10.7. The summed E-state index contributed by atoms with van der Waals surface area (Å²) in [7, 11) is 0. The zero-order chi connectivity index (χ0) is 15.0. The maximum Gasteiger partial charge on any atom is 0.405 e. The summed E-state index contributed by atoms with van der Waals surface area (Å²) in [6, 6.07) is 7.36. The standard InChI is InChI=1S/C15H24N2O3/c1-15(2,20-14(17)18)10-4-3-5-11-19-13-8-6-12(16)7-9-13/h6-9H,3-5,10-11,16H2,1-2H3,(H2,17,18). The van der Waals surface area contributed by atoms with Gasteiger partial charge >= 0.3 is 6.09 Å². The first-order valence-electron chi connectivity index (χ1n) is 6.86. The van der Waals surface area contributed by atoms with Gasteiger partial charge in [-0.25, -0.2) is 4.79 Å². The van der Waals surface area contributed by atoms with Crippen LogP contribution in [-0.2, 0) is 4.74 Å². The van der Waals surface area contributed by atoms with Gasteiger partial charge in [-0.2, -0.15) is 0 Å². The van der Waals surface area contributed by atoms with Crippen LogP contribution in [0.5, 0.6) is 5.75 Å². The lowest BCUT2D eigenvalue weighted by Crippen LogP contribution is -2.30. The van der Waals surface area contributed by atoms with E-state index in [9.17, 15) is 4.79 Å². The second kappa shape index (κ2) is 7.62. The van der Waals surface area contributed by atoms with Crippen LogP contribution in [0.4, 0.5) is 10.5 Å². The van der Waals surface area contributed by atoms with E-state index >= 15 is 0 Å². The van der Waals surface area contributed by atoms with E-state index in [1.807, 2.05) is 38.1 Å². The molecular formula is C15H24N2O3. The van der Waals surface area contributed by atoms with Gasteiger partial charge in [0.2, 0.25) is 0 Å². The Kier molecular flexibility index (Phi) is 6.15. The molecule has 0 unspecified atom stereocenters. The Morgan fingerprint density at radius 3 is 2.40 bits per heavy atom. The molecule has 1 aromatic rings. The predicted octanol–water partition coefficient (Wildman–Crippen LogP) is 3.08. The lowest BCUT2D eigenvalue weighted by molar-refractivity contribution is 0.0370. The number of amides is 1. The highest BCUT2D eigenvalue weighted by molar-refractivity contribution is 5.65. The van der Waals surface area contributed by atoms with Crippen molar-refractivity contribution in [1.82, 2.24) is 0 Å². The van der Waals surface area contributed by atoms with Crippen LogP contribution >= 0.6 is 0 Å². The van der Waals surface area contributed by atoms with Crippen molar-refractivity contribution in [2.75, 3.05) is 12.3 Å². The molecule has 0 spiro atoms. The predicted molar refractivity (Wildman–Crippen MR) is 79.6 cm³/mol. The molecule has 4 N–H and O–H groups in total. The minimum atomic E-state index is -0.721. The summed E-state index contributed by atoms with van der Waals surface area (Å²) >= 11 is 0. The minimum Gasteiger partial charge on any atom is -0.494 e. The van der Waals surface area contributed by atoms with Gasteiger partial charge in [0.25, 0.3) is 0 Å². The Morgan fingerprint density at radius 2 is 1.80 bits per heavy atom. The highest BCUT2D eigenvalue weighted by atomic mass is 16.6. The number of carbonyl (C=O) groups is 1. The monoisotopic (exact) mass is 280 g/mol. The van der Waals surface area contributed by atoms with Crippen molar-refractivity contribution in [2.45, 2.75) is 45.1 Å². The van der Waals surface area contributed by atoms with Gasteiger partial charge in [0, 0.05) is 5.69 Å². The molecule has 0 bridgehead atoms. The fourth-order valence-corrected chi connectivity index (χ4v) is 1.91. The van der Waals surface area contributed by atoms with Gasteiger partial charge in [0.05, 0.1) is 6.61 Å². The summed E-state index contributed by atoms with van der Waals surface area (Å²) in [6.07, 6.45) is 3.00. The SMILES string of the molecule is CC(C)(CCCCCOc1ccc(N)cc1)OC(N)=O. The van der Waals surface area contributed by atoms with Crippen molar-refractivity contribution in [2.24, 2.45) is 5.73 Å². The Hall–Kier alpha value is -1.91. The van der Waals surface area contributed by atoms with Crippen molar-refractivity contribution >= 4 is 11.8 Å². The Morgan fingerprint density at radius 1 is 1.15 bits per heavy atom. The number of nitrogens with two attached hydrogens (primary N) is 2. The summed E-state index contributed by atoms with van der Waals surface area (Å²) in [5.41, 5.74) is 10.8. The van der Waals surface area contributed by atoms with E-state index < -0.39 is 11.7 Å². The van der Waals surface area contributed by atoms with E-state index in [2.05, 4.69) is 0 Å². The number of hydrogen-bond acceptors (Lipinski definition) is 4. The van der Waals surface area contributed by atoms with Crippen LogP contribution in [0, 0.1) is 0 Å². The first kappa shape index (κ1) is 16.1. The molecule has 1 aromatic carbocycles. The number of anilines is 1. The van der Waals surface area contributed by atoms with Gasteiger partial charge in [-0.15, -0.1) is 0 Å². The zero-order valence-corrected chi connectivity index (χ0v) is 12.2. The lowest BCUT2D eigenvalue weighted by Gasteiger charge is -2.23. The molecule has 1 amide bonds. The summed E-state index contributed by atoms with van der Waals surface area (Å²) in [5, 5.41) is 0. The van der Waals surface area contributed by atoms with E-state index in [0.29, 0.717) is 6.61 Å². The molecular weight excluding hydrogens is 256 g/mol. The molecule has 112 valence electrons. The average molecular weight is 280 g/mol. The molecule has 0 aliphatic rings. The smallest absolute Gasteiger partial charge is 0.405 e. The van der Waals surface area contributed by atoms with Crippen LogP contribution in [0.3, 0.4) is 0 Å². The molecule has 0 saturated heterocycles. The molecule has 0 heterocycles. The topological polar surface area (TPSA) is 87.6 Å². The molecule has 5 nitrogen and oxygen atoms in total. The molecule has 20 heavy (non-hydrogen) atoms. The summed E-state index contributed by atoms with van der Waals surface area (Å²) in [5.74, 6) is 0.830. The molecule has 0 aliphatic carbocycles. The molecule has 0 saturated carbocycles. The van der Waals surface area contributed by atoms with E-state index in [-0.39, 0.29) is 0 Å². The average Bonchev–Trinajstić information content (AvgIpc) is 2.34. The molecule has 0 radical (unpaired) electrons. The maximum absolute atomic E-state index is 10.7. The van der Waals surface area contributed by atoms with Crippen molar-refractivity contribution in [3.05, 3.63) is 24.3 Å². The van der Waals surface area contributed by atoms with Crippen LogP contribution in [0.15, 0.2) is 24.3 Å². The lowest BCUT2D eigenvalue weighted by atomic mass is 10.0. The molecule has 0 aromatic heterocycles. The molecule has 5 heteroatoms. The van der Waals surface area contributed by atoms with Crippen LogP contribution in [0.2, 0.25) is 0 Å². The zero-order valence-electron chi connectivity index (χ0n) is 12.2. The van der Waals surface area contributed by atoms with Crippen LogP contribution in [0.1, 0.15) is 39.5 Å². The number of ether oxygens (including phenoxy) is 2. The van der Waals surface area contributed by atoms with E-state index in [0.717, 1.165) is 37.1 Å². The van der Waals surface area contributed by atoms with Gasteiger partial charge in [0.15, 0.2) is 0 Å². The number of rotatable bonds is 8. The molecule has 0 fully saturated rings. The highest BCUT2D eigenvalue weighted by Crippen LogP contribution is 2.19. The molecule has 1 rings (SSSR count). The van der Waals surface area contributed by atoms with Crippen molar-refractivity contribution < 1.29 is 14.3 Å². The van der Waals surface area contributed by atoms with Gasteiger partial charge in [0.1, 0.15) is 11.4 Å². The second-order valence-corrected chi connectivity index (χ2v) is 5.41. The quantitative estimate of drug-likeness (QED) is 0.566. The normalized spacial score (nSPS) is 11.1. The minimum absolute atomic E-state index is 0.496. The van der Waals surface area contributed by atoms with Gasteiger partial charge in [-0.3, -0.25) is 0 Å². The summed E-state index contributed by atoms with van der Waals surface area (Å²) in [4.78, 5) is 10.7. The van der Waals surface area contributed by atoms with Crippen LogP contribution < -0.4 is 16.2 Å². The fourth-order valence-electron chi connectivity index (χ4n) is 1.91. The van der Waals surface area contributed by atoms with Crippen molar-refractivity contribution in [1.29, 1.82) is 0 Å².